The summed E-state index contributed by atoms with van der Waals surface area (Å²) in [6.45, 7) is 0. The maximum absolute atomic E-state index is 10.9. The molecule has 1 rings (SSSR count). The van der Waals surface area contributed by atoms with Crippen molar-refractivity contribution in [3.8, 4) is 0 Å². The average Bonchev–Trinajstić information content (AvgIpc) is 2.13. The fourth-order valence-electron chi connectivity index (χ4n) is 0.842. The van der Waals surface area contributed by atoms with E-state index in [2.05, 4.69) is 10.1 Å². The van der Waals surface area contributed by atoms with Crippen molar-refractivity contribution in [3.05, 3.63) is 20.7 Å². The average molecular weight is 229 g/mol. The topological polar surface area (TPSA) is 118 Å². The number of thioether (sulfide) groups is 1. The second-order valence-corrected chi connectivity index (χ2v) is 3.89. The Morgan fingerprint density at radius 2 is 2.33 bits per heavy atom. The van der Waals surface area contributed by atoms with E-state index in [0.717, 1.165) is 0 Å². The molecule has 0 fully saturated rings. The molecule has 0 aliphatic heterocycles. The lowest BCUT2D eigenvalue weighted by Gasteiger charge is -2.04. The number of nitrogens with zero attached hydrogens (tertiary/aromatic N) is 2. The summed E-state index contributed by atoms with van der Waals surface area (Å²) in [6, 6.07) is 0. The summed E-state index contributed by atoms with van der Waals surface area (Å²) in [6.07, 6.45) is 0.416. The Hall–Kier alpha value is -1.57. The third-order valence-electron chi connectivity index (χ3n) is 1.55. The second kappa shape index (κ2) is 4.78. The van der Waals surface area contributed by atoms with E-state index < -0.39 is 11.1 Å². The minimum absolute atomic E-state index is 0.0805. The number of nitrogens with two attached hydrogens (primary N) is 1. The first-order valence-electron chi connectivity index (χ1n) is 4.13. The third-order valence-corrected chi connectivity index (χ3v) is 2.58. The van der Waals surface area contributed by atoms with Crippen molar-refractivity contribution in [2.45, 2.75) is 11.6 Å². The lowest BCUT2D eigenvalue weighted by atomic mass is 10.5. The van der Waals surface area contributed by atoms with Crippen LogP contribution in [0.15, 0.2) is 14.7 Å². The van der Waals surface area contributed by atoms with Gasteiger partial charge in [-0.3, -0.25) is 24.8 Å². The summed E-state index contributed by atoms with van der Waals surface area (Å²) in [5.74, 6) is 0.624. The second-order valence-electron chi connectivity index (χ2n) is 2.82. The van der Waals surface area contributed by atoms with Gasteiger partial charge in [-0.25, -0.2) is 0 Å². The van der Waals surface area contributed by atoms with Crippen LogP contribution in [0, 0.1) is 5.41 Å². The number of hydrogen-bond acceptors (Lipinski definition) is 5. The van der Waals surface area contributed by atoms with E-state index >= 15 is 0 Å². The molecule has 0 saturated carbocycles. The first kappa shape index (κ1) is 11.5. The molecular weight excluding hydrogens is 218 g/mol. The minimum Gasteiger partial charge on any atom is -0.388 e. The Kier molecular flexibility index (Phi) is 3.67. The van der Waals surface area contributed by atoms with Crippen molar-refractivity contribution in [3.63, 3.8) is 0 Å². The predicted octanol–water partition coefficient (Wildman–Crippen LogP) is -1.11. The van der Waals surface area contributed by atoms with Gasteiger partial charge in [0.05, 0.1) is 5.84 Å². The largest absolute Gasteiger partial charge is 0.388 e. The van der Waals surface area contributed by atoms with Crippen LogP contribution >= 0.6 is 11.8 Å². The lowest BCUT2D eigenvalue weighted by molar-refractivity contribution is 0.596. The molecule has 7 nitrogen and oxygen atoms in total. The van der Waals surface area contributed by atoms with Crippen LogP contribution in [0.1, 0.15) is 6.42 Å². The van der Waals surface area contributed by atoms with Crippen LogP contribution in [0.3, 0.4) is 0 Å². The van der Waals surface area contributed by atoms with Gasteiger partial charge in [0.2, 0.25) is 0 Å². The fraction of sp³-hybridized carbons (Fsp3) is 0.429. The number of hydrogen-bond donors (Lipinski definition) is 3. The molecule has 0 spiro atoms. The molecule has 0 saturated heterocycles. The SMILES string of the molecule is Cn1[nH]c(=O)c(=O)nc1SCCC(=N)N. The predicted molar refractivity (Wildman–Crippen MR) is 57.4 cm³/mol. The number of rotatable bonds is 4. The van der Waals surface area contributed by atoms with Gasteiger partial charge in [0.1, 0.15) is 0 Å². The zero-order chi connectivity index (χ0) is 11.4. The number of amidine groups is 1. The first-order chi connectivity index (χ1) is 7.00. The van der Waals surface area contributed by atoms with Crippen molar-refractivity contribution in [2.24, 2.45) is 12.8 Å². The molecular formula is C7H11N5O2S. The molecule has 0 bridgehead atoms. The van der Waals surface area contributed by atoms with Gasteiger partial charge in [0.15, 0.2) is 5.16 Å². The lowest BCUT2D eigenvalue weighted by Crippen LogP contribution is -2.33. The molecule has 0 aromatic carbocycles. The van der Waals surface area contributed by atoms with Crippen LogP contribution in [0.2, 0.25) is 0 Å². The Balaban J connectivity index is 2.78. The maximum atomic E-state index is 10.9. The number of aryl methyl sites for hydroxylation is 1. The van der Waals surface area contributed by atoms with Crippen molar-refractivity contribution < 1.29 is 0 Å². The smallest absolute Gasteiger partial charge is 0.339 e. The van der Waals surface area contributed by atoms with Gasteiger partial charge >= 0.3 is 11.1 Å². The van der Waals surface area contributed by atoms with Crippen LogP contribution in [0.5, 0.6) is 0 Å². The van der Waals surface area contributed by atoms with Gasteiger partial charge in [0.25, 0.3) is 0 Å². The number of aromatic nitrogens is 3. The molecule has 8 heteroatoms. The highest BCUT2D eigenvalue weighted by Gasteiger charge is 2.04. The van der Waals surface area contributed by atoms with Gasteiger partial charge in [-0.1, -0.05) is 11.8 Å². The summed E-state index contributed by atoms with van der Waals surface area (Å²) in [7, 11) is 1.59. The van der Waals surface area contributed by atoms with Gasteiger partial charge in [-0.05, 0) is 0 Å². The van der Waals surface area contributed by atoms with Gasteiger partial charge < -0.3 is 5.73 Å². The molecule has 1 aromatic rings. The van der Waals surface area contributed by atoms with Gasteiger partial charge in [-0.2, -0.15) is 4.98 Å². The molecule has 0 aliphatic carbocycles. The number of aromatic amines is 1. The van der Waals surface area contributed by atoms with Gasteiger partial charge in [0, 0.05) is 19.2 Å². The van der Waals surface area contributed by atoms with E-state index in [1.54, 1.807) is 7.05 Å². The van der Waals surface area contributed by atoms with Crippen molar-refractivity contribution in [1.29, 1.82) is 5.41 Å². The van der Waals surface area contributed by atoms with Crippen molar-refractivity contribution >= 4 is 17.6 Å². The Morgan fingerprint density at radius 3 is 2.93 bits per heavy atom. The molecule has 1 heterocycles. The van der Waals surface area contributed by atoms with Crippen molar-refractivity contribution in [2.75, 3.05) is 5.75 Å². The molecule has 1 aromatic heterocycles. The van der Waals surface area contributed by atoms with Crippen LogP contribution in [0.4, 0.5) is 0 Å². The van der Waals surface area contributed by atoms with E-state index in [9.17, 15) is 9.59 Å². The summed E-state index contributed by atoms with van der Waals surface area (Å²) < 4.78 is 1.37. The van der Waals surface area contributed by atoms with Crippen LogP contribution < -0.4 is 16.9 Å². The van der Waals surface area contributed by atoms with Crippen LogP contribution in [-0.2, 0) is 7.05 Å². The van der Waals surface area contributed by atoms with E-state index in [0.29, 0.717) is 17.3 Å². The summed E-state index contributed by atoms with van der Waals surface area (Å²) >= 11 is 1.26. The molecule has 0 amide bonds. The number of H-pyrrole nitrogens is 1. The molecule has 0 aliphatic rings. The van der Waals surface area contributed by atoms with Crippen LogP contribution in [-0.4, -0.2) is 26.4 Å². The standard InChI is InChI=1S/C7H11N5O2S/c1-12-7(15-3-2-4(8)9)10-5(13)6(14)11-12/h2-3H2,1H3,(H3,8,9)(H,11,14). The van der Waals surface area contributed by atoms with Crippen LogP contribution in [0.25, 0.3) is 0 Å². The molecule has 4 N–H and O–H groups in total. The highest BCUT2D eigenvalue weighted by Crippen LogP contribution is 2.11. The quantitative estimate of drug-likeness (QED) is 0.262. The number of nitrogens with one attached hydrogen (secondary N) is 2. The third kappa shape index (κ3) is 3.24. The van der Waals surface area contributed by atoms with Gasteiger partial charge in [-0.15, -0.1) is 0 Å². The summed E-state index contributed by atoms with van der Waals surface area (Å²) in [4.78, 5) is 25.4. The molecule has 82 valence electrons. The zero-order valence-corrected chi connectivity index (χ0v) is 8.93. The summed E-state index contributed by atoms with van der Waals surface area (Å²) in [5, 5.41) is 9.74. The highest BCUT2D eigenvalue weighted by atomic mass is 32.2. The normalized spacial score (nSPS) is 10.2. The van der Waals surface area contributed by atoms with E-state index in [1.165, 1.54) is 16.4 Å². The minimum atomic E-state index is -0.807. The Morgan fingerprint density at radius 1 is 1.67 bits per heavy atom. The van der Waals surface area contributed by atoms with Crippen molar-refractivity contribution in [1.82, 2.24) is 14.8 Å². The van der Waals surface area contributed by atoms with E-state index in [1.807, 2.05) is 0 Å². The fourth-order valence-corrected chi connectivity index (χ4v) is 1.73. The molecule has 15 heavy (non-hydrogen) atoms. The van der Waals surface area contributed by atoms with E-state index in [-0.39, 0.29) is 5.84 Å². The summed E-state index contributed by atoms with van der Waals surface area (Å²) in [5.41, 5.74) is 3.62. The monoisotopic (exact) mass is 229 g/mol. The Bertz CT molecular complexity index is 477. The Labute approximate surface area is 89.2 Å². The van der Waals surface area contributed by atoms with E-state index in [4.69, 9.17) is 11.1 Å². The first-order valence-corrected chi connectivity index (χ1v) is 5.12. The molecule has 0 atom stereocenters. The zero-order valence-electron chi connectivity index (χ0n) is 8.11. The maximum Gasteiger partial charge on any atom is 0.339 e. The molecule has 0 radical (unpaired) electrons. The highest BCUT2D eigenvalue weighted by molar-refractivity contribution is 7.99. The molecule has 0 unspecified atom stereocenters.